The topological polar surface area (TPSA) is 56.8 Å². The van der Waals surface area contributed by atoms with E-state index >= 15 is 0 Å². The fraction of sp³-hybridized carbons (Fsp3) is 0.350. The molecule has 0 bridgehead atoms. The lowest BCUT2D eigenvalue weighted by molar-refractivity contribution is 0.0949. The number of halogens is 2. The highest BCUT2D eigenvalue weighted by atomic mass is 79.9. The SMILES string of the molecule is CCOc1cc(C(=O)NCc2cc(Br)ccc2F)cc(OCC)c1OCC. The monoisotopic (exact) mass is 439 g/mol. The van der Waals surface area contributed by atoms with Gasteiger partial charge in [-0.05, 0) is 51.1 Å². The zero-order valence-corrected chi connectivity index (χ0v) is 17.2. The van der Waals surface area contributed by atoms with E-state index in [4.69, 9.17) is 14.2 Å². The number of nitrogens with one attached hydrogen (secondary N) is 1. The summed E-state index contributed by atoms with van der Waals surface area (Å²) in [5.41, 5.74) is 0.736. The average molecular weight is 440 g/mol. The minimum Gasteiger partial charge on any atom is -0.490 e. The smallest absolute Gasteiger partial charge is 0.251 e. The maximum atomic E-state index is 13.9. The molecule has 2 rings (SSSR count). The molecule has 0 fully saturated rings. The lowest BCUT2D eigenvalue weighted by atomic mass is 10.1. The van der Waals surface area contributed by atoms with E-state index in [0.29, 0.717) is 48.2 Å². The van der Waals surface area contributed by atoms with Crippen LogP contribution in [0.15, 0.2) is 34.8 Å². The zero-order chi connectivity index (χ0) is 19.8. The molecule has 2 aromatic rings. The van der Waals surface area contributed by atoms with Crippen molar-refractivity contribution in [1.82, 2.24) is 5.32 Å². The third kappa shape index (κ3) is 5.60. The van der Waals surface area contributed by atoms with Crippen LogP contribution >= 0.6 is 15.9 Å². The lowest BCUT2D eigenvalue weighted by Gasteiger charge is -2.17. The summed E-state index contributed by atoms with van der Waals surface area (Å²) in [4.78, 5) is 12.6. The molecule has 5 nitrogen and oxygen atoms in total. The number of benzene rings is 2. The third-order valence-corrected chi connectivity index (χ3v) is 4.11. The van der Waals surface area contributed by atoms with Crippen molar-refractivity contribution in [2.75, 3.05) is 19.8 Å². The van der Waals surface area contributed by atoms with E-state index in [1.165, 1.54) is 6.07 Å². The Balaban J connectivity index is 2.27. The van der Waals surface area contributed by atoms with Gasteiger partial charge in [0.1, 0.15) is 5.82 Å². The van der Waals surface area contributed by atoms with Crippen molar-refractivity contribution in [2.45, 2.75) is 27.3 Å². The molecule has 0 aromatic heterocycles. The molecule has 2 aromatic carbocycles. The molecule has 0 atom stereocenters. The quantitative estimate of drug-likeness (QED) is 0.614. The van der Waals surface area contributed by atoms with Crippen molar-refractivity contribution in [1.29, 1.82) is 0 Å². The maximum absolute atomic E-state index is 13.9. The van der Waals surface area contributed by atoms with Gasteiger partial charge in [0.2, 0.25) is 5.75 Å². The summed E-state index contributed by atoms with van der Waals surface area (Å²) >= 11 is 3.30. The molecule has 0 radical (unpaired) electrons. The predicted octanol–water partition coefficient (Wildman–Crippen LogP) is 4.71. The van der Waals surface area contributed by atoms with Gasteiger partial charge in [-0.1, -0.05) is 15.9 Å². The molecular weight excluding hydrogens is 417 g/mol. The molecule has 0 saturated carbocycles. The van der Waals surface area contributed by atoms with Crippen molar-refractivity contribution in [2.24, 2.45) is 0 Å². The average Bonchev–Trinajstić information content (AvgIpc) is 2.65. The number of carbonyl (C=O) groups excluding carboxylic acids is 1. The van der Waals surface area contributed by atoms with Gasteiger partial charge in [0.25, 0.3) is 5.91 Å². The predicted molar refractivity (Wildman–Crippen MR) is 105 cm³/mol. The van der Waals surface area contributed by atoms with E-state index in [1.54, 1.807) is 24.3 Å². The van der Waals surface area contributed by atoms with Crippen molar-refractivity contribution < 1.29 is 23.4 Å². The van der Waals surface area contributed by atoms with Gasteiger partial charge in [-0.15, -0.1) is 0 Å². The summed E-state index contributed by atoms with van der Waals surface area (Å²) in [7, 11) is 0. The summed E-state index contributed by atoms with van der Waals surface area (Å²) < 4.78 is 31.5. The second-order valence-corrected chi connectivity index (χ2v) is 6.43. The Morgan fingerprint density at radius 1 is 1.00 bits per heavy atom. The van der Waals surface area contributed by atoms with Gasteiger partial charge < -0.3 is 19.5 Å². The highest BCUT2D eigenvalue weighted by Crippen LogP contribution is 2.39. The molecule has 0 spiro atoms. The number of amides is 1. The van der Waals surface area contributed by atoms with Crippen LogP contribution in [-0.2, 0) is 6.54 Å². The normalized spacial score (nSPS) is 10.4. The Labute approximate surface area is 166 Å². The summed E-state index contributed by atoms with van der Waals surface area (Å²) in [6, 6.07) is 7.79. The van der Waals surface area contributed by atoms with Crippen LogP contribution in [0, 0.1) is 5.82 Å². The molecule has 0 aliphatic rings. The molecule has 7 heteroatoms. The number of hydrogen-bond donors (Lipinski definition) is 1. The van der Waals surface area contributed by atoms with Gasteiger partial charge in [-0.25, -0.2) is 4.39 Å². The molecule has 1 N–H and O–H groups in total. The molecule has 0 aliphatic carbocycles. The second-order valence-electron chi connectivity index (χ2n) is 5.52. The van der Waals surface area contributed by atoms with E-state index in [0.717, 1.165) is 4.47 Å². The minimum atomic E-state index is -0.379. The van der Waals surface area contributed by atoms with Crippen LogP contribution in [0.25, 0.3) is 0 Å². The Morgan fingerprint density at radius 2 is 1.59 bits per heavy atom. The van der Waals surface area contributed by atoms with Gasteiger partial charge in [0.05, 0.1) is 19.8 Å². The second kappa shape index (κ2) is 10.2. The van der Waals surface area contributed by atoms with Crippen LogP contribution in [0.4, 0.5) is 4.39 Å². The number of hydrogen-bond acceptors (Lipinski definition) is 4. The van der Waals surface area contributed by atoms with Gasteiger partial charge in [-0.3, -0.25) is 4.79 Å². The lowest BCUT2D eigenvalue weighted by Crippen LogP contribution is -2.23. The molecule has 0 heterocycles. The summed E-state index contributed by atoms with van der Waals surface area (Å²) in [6.45, 7) is 6.88. The standard InChI is InChI=1S/C20H23BrFNO4/c1-4-25-17-10-13(11-18(26-5-2)19(17)27-6-3)20(24)23-12-14-9-15(21)7-8-16(14)22/h7-11H,4-6,12H2,1-3H3,(H,23,24). The van der Waals surface area contributed by atoms with E-state index in [2.05, 4.69) is 21.2 Å². The van der Waals surface area contributed by atoms with Crippen molar-refractivity contribution in [3.8, 4) is 17.2 Å². The van der Waals surface area contributed by atoms with E-state index in [9.17, 15) is 9.18 Å². The fourth-order valence-electron chi connectivity index (χ4n) is 2.48. The Bertz CT molecular complexity index is 771. The minimum absolute atomic E-state index is 0.0608. The maximum Gasteiger partial charge on any atom is 0.251 e. The van der Waals surface area contributed by atoms with Gasteiger partial charge >= 0.3 is 0 Å². The first-order valence-corrected chi connectivity index (χ1v) is 9.57. The molecule has 1 amide bonds. The first-order chi connectivity index (χ1) is 13.0. The molecule has 27 heavy (non-hydrogen) atoms. The Hall–Kier alpha value is -2.28. The molecule has 0 unspecified atom stereocenters. The van der Waals surface area contributed by atoms with Crippen LogP contribution in [0.2, 0.25) is 0 Å². The van der Waals surface area contributed by atoms with Crippen LogP contribution in [-0.4, -0.2) is 25.7 Å². The largest absolute Gasteiger partial charge is 0.490 e. The Kier molecular flexibility index (Phi) is 7.91. The first-order valence-electron chi connectivity index (χ1n) is 8.78. The summed E-state index contributed by atoms with van der Waals surface area (Å²) in [5, 5.41) is 2.72. The molecular formula is C20H23BrFNO4. The van der Waals surface area contributed by atoms with Gasteiger partial charge in [0.15, 0.2) is 11.5 Å². The van der Waals surface area contributed by atoms with Crippen LogP contribution in [0.1, 0.15) is 36.7 Å². The number of carbonyl (C=O) groups is 1. The van der Waals surface area contributed by atoms with Gasteiger partial charge in [0, 0.05) is 22.1 Å². The van der Waals surface area contributed by atoms with Crippen molar-refractivity contribution in [3.05, 3.63) is 51.7 Å². The molecule has 146 valence electrons. The molecule has 0 aliphatic heterocycles. The summed E-state index contributed by atoms with van der Waals surface area (Å²) in [6.07, 6.45) is 0. The molecule has 0 saturated heterocycles. The van der Waals surface area contributed by atoms with Crippen LogP contribution in [0.5, 0.6) is 17.2 Å². The highest BCUT2D eigenvalue weighted by molar-refractivity contribution is 9.10. The Morgan fingerprint density at radius 3 is 2.15 bits per heavy atom. The number of rotatable bonds is 9. The van der Waals surface area contributed by atoms with Crippen molar-refractivity contribution >= 4 is 21.8 Å². The first kappa shape index (κ1) is 21.0. The van der Waals surface area contributed by atoms with E-state index in [1.807, 2.05) is 20.8 Å². The van der Waals surface area contributed by atoms with Crippen LogP contribution < -0.4 is 19.5 Å². The van der Waals surface area contributed by atoms with Crippen molar-refractivity contribution in [3.63, 3.8) is 0 Å². The van der Waals surface area contributed by atoms with E-state index < -0.39 is 0 Å². The summed E-state index contributed by atoms with van der Waals surface area (Å²) in [5.74, 6) is 0.596. The van der Waals surface area contributed by atoms with E-state index in [-0.39, 0.29) is 18.3 Å². The fourth-order valence-corrected chi connectivity index (χ4v) is 2.88. The number of ether oxygens (including phenoxy) is 3. The third-order valence-electron chi connectivity index (χ3n) is 3.62. The highest BCUT2D eigenvalue weighted by Gasteiger charge is 2.18. The zero-order valence-electron chi connectivity index (χ0n) is 15.6. The van der Waals surface area contributed by atoms with Crippen LogP contribution in [0.3, 0.4) is 0 Å². The van der Waals surface area contributed by atoms with Gasteiger partial charge in [-0.2, -0.15) is 0 Å².